The molecule has 0 fully saturated rings. The van der Waals surface area contributed by atoms with Crippen LogP contribution < -0.4 is 5.73 Å². The van der Waals surface area contributed by atoms with Crippen LogP contribution >= 0.6 is 0 Å². The van der Waals surface area contributed by atoms with Crippen molar-refractivity contribution in [2.24, 2.45) is 5.73 Å². The molecule has 0 saturated carbocycles. The minimum atomic E-state index is 0.528. The molecule has 4 heteroatoms. The molecule has 4 nitrogen and oxygen atoms in total. The molecular formula is C14H14N4. The first-order valence-corrected chi connectivity index (χ1v) is 5.90. The van der Waals surface area contributed by atoms with E-state index in [-0.39, 0.29) is 0 Å². The predicted octanol–water partition coefficient (Wildman–Crippen LogP) is 2.16. The van der Waals surface area contributed by atoms with Gasteiger partial charge in [0.1, 0.15) is 0 Å². The van der Waals surface area contributed by atoms with Crippen molar-refractivity contribution < 1.29 is 0 Å². The first-order valence-electron chi connectivity index (χ1n) is 5.90. The molecule has 3 rings (SSSR count). The van der Waals surface area contributed by atoms with Gasteiger partial charge in [-0.2, -0.15) is 0 Å². The largest absolute Gasteiger partial charge is 0.326 e. The number of hydrogen-bond donors (Lipinski definition) is 1. The zero-order valence-corrected chi connectivity index (χ0v) is 10.2. The van der Waals surface area contributed by atoms with E-state index < -0.39 is 0 Å². The van der Waals surface area contributed by atoms with Crippen molar-refractivity contribution in [2.45, 2.75) is 13.5 Å². The molecule has 0 aliphatic carbocycles. The Morgan fingerprint density at radius 2 is 2.00 bits per heavy atom. The monoisotopic (exact) mass is 238 g/mol. The van der Waals surface area contributed by atoms with Crippen molar-refractivity contribution in [1.82, 2.24) is 14.6 Å². The van der Waals surface area contributed by atoms with Crippen molar-refractivity contribution in [2.75, 3.05) is 0 Å². The molecule has 0 saturated heterocycles. The Bertz CT molecular complexity index is 700. The van der Waals surface area contributed by atoms with Gasteiger partial charge in [0.2, 0.25) is 0 Å². The zero-order chi connectivity index (χ0) is 12.5. The van der Waals surface area contributed by atoms with Crippen LogP contribution in [-0.2, 0) is 6.54 Å². The third-order valence-electron chi connectivity index (χ3n) is 2.97. The van der Waals surface area contributed by atoms with Crippen molar-refractivity contribution >= 4 is 5.65 Å². The standard InChI is InChI=1S/C14H14N4/c1-10-4-2-7-13-16-14(17-18(10)13)12-6-3-5-11(8-12)9-15/h2-8H,9,15H2,1H3. The lowest BCUT2D eigenvalue weighted by molar-refractivity contribution is 0.918. The molecule has 2 heterocycles. The highest BCUT2D eigenvalue weighted by Gasteiger charge is 2.07. The number of rotatable bonds is 2. The van der Waals surface area contributed by atoms with E-state index in [0.717, 1.165) is 28.3 Å². The fourth-order valence-electron chi connectivity index (χ4n) is 2.00. The van der Waals surface area contributed by atoms with E-state index in [2.05, 4.69) is 10.1 Å². The van der Waals surface area contributed by atoms with Gasteiger partial charge in [-0.3, -0.25) is 0 Å². The summed E-state index contributed by atoms with van der Waals surface area (Å²) in [6.07, 6.45) is 0. The van der Waals surface area contributed by atoms with Gasteiger partial charge in [-0.1, -0.05) is 24.3 Å². The number of pyridine rings is 1. The van der Waals surface area contributed by atoms with Crippen LogP contribution in [0.3, 0.4) is 0 Å². The van der Waals surface area contributed by atoms with E-state index in [1.165, 1.54) is 0 Å². The van der Waals surface area contributed by atoms with Gasteiger partial charge in [-0.25, -0.2) is 9.50 Å². The quantitative estimate of drug-likeness (QED) is 0.744. The van der Waals surface area contributed by atoms with Crippen LogP contribution in [0.4, 0.5) is 0 Å². The number of hydrogen-bond acceptors (Lipinski definition) is 3. The molecule has 0 spiro atoms. The van der Waals surface area contributed by atoms with Gasteiger partial charge in [0.25, 0.3) is 0 Å². The number of aryl methyl sites for hydroxylation is 1. The van der Waals surface area contributed by atoms with E-state index in [4.69, 9.17) is 5.73 Å². The minimum absolute atomic E-state index is 0.528. The highest BCUT2D eigenvalue weighted by atomic mass is 15.3. The Hall–Kier alpha value is -2.20. The molecule has 0 aliphatic rings. The number of nitrogens with zero attached hydrogens (tertiary/aromatic N) is 3. The van der Waals surface area contributed by atoms with Crippen LogP contribution in [0, 0.1) is 6.92 Å². The summed E-state index contributed by atoms with van der Waals surface area (Å²) in [6, 6.07) is 14.0. The van der Waals surface area contributed by atoms with Crippen molar-refractivity contribution in [1.29, 1.82) is 0 Å². The molecule has 2 aromatic heterocycles. The normalized spacial score (nSPS) is 11.0. The summed E-state index contributed by atoms with van der Waals surface area (Å²) in [7, 11) is 0. The van der Waals surface area contributed by atoms with Crippen molar-refractivity contribution in [3.05, 3.63) is 53.7 Å². The van der Waals surface area contributed by atoms with E-state index in [1.54, 1.807) is 0 Å². The molecule has 0 bridgehead atoms. The van der Waals surface area contributed by atoms with Gasteiger partial charge in [-0.05, 0) is 30.7 Å². The Balaban J connectivity index is 2.16. The number of fused-ring (bicyclic) bond motifs is 1. The fourth-order valence-corrected chi connectivity index (χ4v) is 2.00. The van der Waals surface area contributed by atoms with Crippen molar-refractivity contribution in [3.63, 3.8) is 0 Å². The van der Waals surface area contributed by atoms with Crippen LogP contribution in [0.15, 0.2) is 42.5 Å². The lowest BCUT2D eigenvalue weighted by Crippen LogP contribution is -1.96. The van der Waals surface area contributed by atoms with Gasteiger partial charge in [0, 0.05) is 17.8 Å². The minimum Gasteiger partial charge on any atom is -0.326 e. The summed E-state index contributed by atoms with van der Waals surface area (Å²) in [6.45, 7) is 2.54. The van der Waals surface area contributed by atoms with Crippen LogP contribution in [0.5, 0.6) is 0 Å². The third kappa shape index (κ3) is 1.76. The molecule has 2 N–H and O–H groups in total. The maximum atomic E-state index is 5.65. The molecule has 0 amide bonds. The Labute approximate surface area is 105 Å². The van der Waals surface area contributed by atoms with Gasteiger partial charge >= 0.3 is 0 Å². The van der Waals surface area contributed by atoms with Crippen LogP contribution in [0.1, 0.15) is 11.3 Å². The van der Waals surface area contributed by atoms with Gasteiger partial charge in [0.15, 0.2) is 11.5 Å². The summed E-state index contributed by atoms with van der Waals surface area (Å²) >= 11 is 0. The Kier molecular flexibility index (Phi) is 2.57. The topological polar surface area (TPSA) is 56.2 Å². The average molecular weight is 238 g/mol. The summed E-state index contributed by atoms with van der Waals surface area (Å²) in [4.78, 5) is 4.53. The summed E-state index contributed by atoms with van der Waals surface area (Å²) in [5, 5.41) is 4.52. The molecule has 0 radical (unpaired) electrons. The highest BCUT2D eigenvalue weighted by Crippen LogP contribution is 2.18. The smallest absolute Gasteiger partial charge is 0.182 e. The molecule has 0 atom stereocenters. The summed E-state index contributed by atoms with van der Waals surface area (Å²) < 4.78 is 1.85. The second kappa shape index (κ2) is 4.23. The summed E-state index contributed by atoms with van der Waals surface area (Å²) in [5.74, 6) is 0.736. The number of nitrogens with two attached hydrogens (primary N) is 1. The Morgan fingerprint density at radius 1 is 1.17 bits per heavy atom. The molecule has 1 aromatic carbocycles. The first kappa shape index (κ1) is 10.9. The van der Waals surface area contributed by atoms with Gasteiger partial charge in [0.05, 0.1) is 0 Å². The predicted molar refractivity (Wildman–Crippen MR) is 71.1 cm³/mol. The van der Waals surface area contributed by atoms with Crippen molar-refractivity contribution in [3.8, 4) is 11.4 Å². The zero-order valence-electron chi connectivity index (χ0n) is 10.2. The molecule has 0 aliphatic heterocycles. The maximum absolute atomic E-state index is 5.65. The number of aromatic nitrogens is 3. The Morgan fingerprint density at radius 3 is 2.78 bits per heavy atom. The highest BCUT2D eigenvalue weighted by molar-refractivity contribution is 5.59. The van der Waals surface area contributed by atoms with Gasteiger partial charge < -0.3 is 5.73 Å². The second-order valence-corrected chi connectivity index (χ2v) is 4.28. The molecule has 90 valence electrons. The second-order valence-electron chi connectivity index (χ2n) is 4.28. The molecule has 0 unspecified atom stereocenters. The van der Waals surface area contributed by atoms with E-state index in [0.29, 0.717) is 6.54 Å². The van der Waals surface area contributed by atoms with E-state index >= 15 is 0 Å². The van der Waals surface area contributed by atoms with Gasteiger partial charge in [-0.15, -0.1) is 5.10 Å². The van der Waals surface area contributed by atoms with Crippen LogP contribution in [0.2, 0.25) is 0 Å². The van der Waals surface area contributed by atoms with Crippen LogP contribution in [0.25, 0.3) is 17.0 Å². The molecule has 3 aromatic rings. The molecule has 18 heavy (non-hydrogen) atoms. The maximum Gasteiger partial charge on any atom is 0.182 e. The summed E-state index contributed by atoms with van der Waals surface area (Å²) in [5.41, 5.74) is 9.67. The first-order chi connectivity index (χ1) is 8.78. The molecular weight excluding hydrogens is 224 g/mol. The average Bonchev–Trinajstić information content (AvgIpc) is 2.84. The van der Waals surface area contributed by atoms with E-state index in [9.17, 15) is 0 Å². The number of benzene rings is 1. The SMILES string of the molecule is Cc1cccc2nc(-c3cccc(CN)c3)nn12. The van der Waals surface area contributed by atoms with Crippen LogP contribution in [-0.4, -0.2) is 14.6 Å². The lowest BCUT2D eigenvalue weighted by Gasteiger charge is -1.98. The lowest BCUT2D eigenvalue weighted by atomic mass is 10.1. The third-order valence-corrected chi connectivity index (χ3v) is 2.97. The van der Waals surface area contributed by atoms with E-state index in [1.807, 2.05) is 53.9 Å². The fraction of sp³-hybridized carbons (Fsp3) is 0.143.